The van der Waals surface area contributed by atoms with Crippen LogP contribution >= 0.6 is 0 Å². The molecule has 2 unspecified atom stereocenters. The maximum atomic E-state index is 9.48. The number of anilines is 1. The van der Waals surface area contributed by atoms with Gasteiger partial charge in [-0.3, -0.25) is 0 Å². The minimum absolute atomic E-state index is 0.122. The van der Waals surface area contributed by atoms with Crippen molar-refractivity contribution < 1.29 is 9.63 Å². The summed E-state index contributed by atoms with van der Waals surface area (Å²) in [6.45, 7) is 7.46. The van der Waals surface area contributed by atoms with Crippen molar-refractivity contribution in [2.45, 2.75) is 25.9 Å². The second-order valence-electron chi connectivity index (χ2n) is 4.75. The Bertz CT molecular complexity index is 358. The van der Waals surface area contributed by atoms with E-state index in [0.29, 0.717) is 11.8 Å². The highest BCUT2D eigenvalue weighted by atomic mass is 16.5. The normalized spacial score (nSPS) is 21.5. The lowest BCUT2D eigenvalue weighted by atomic mass is 10.1. The highest BCUT2D eigenvalue weighted by molar-refractivity contribution is 5.29. The first-order chi connectivity index (χ1) is 8.08. The van der Waals surface area contributed by atoms with E-state index in [9.17, 15) is 5.11 Å². The van der Waals surface area contributed by atoms with Crippen LogP contribution in [-0.4, -0.2) is 59.5 Å². The van der Waals surface area contributed by atoms with Crippen molar-refractivity contribution in [3.63, 3.8) is 0 Å². The zero-order valence-corrected chi connectivity index (χ0v) is 10.6. The van der Waals surface area contributed by atoms with E-state index in [1.165, 1.54) is 0 Å². The summed E-state index contributed by atoms with van der Waals surface area (Å²) in [6.07, 6.45) is -0.476. The fraction of sp³-hybridized carbons (Fsp3) is 0.818. The lowest BCUT2D eigenvalue weighted by Crippen LogP contribution is -2.44. The van der Waals surface area contributed by atoms with E-state index in [1.807, 2.05) is 6.92 Å². The van der Waals surface area contributed by atoms with E-state index in [1.54, 1.807) is 6.92 Å². The number of aliphatic hydroxyl groups excluding tert-OH is 1. The minimum Gasteiger partial charge on any atom is -0.393 e. The Hall–Kier alpha value is -1.14. The lowest BCUT2D eigenvalue weighted by Gasteiger charge is -2.31. The molecule has 1 N–H and O–H groups in total. The van der Waals surface area contributed by atoms with E-state index in [0.717, 1.165) is 26.2 Å². The van der Waals surface area contributed by atoms with Crippen molar-refractivity contribution in [2.24, 2.45) is 0 Å². The molecule has 2 rings (SSSR count). The van der Waals surface area contributed by atoms with Gasteiger partial charge in [0.25, 0.3) is 5.95 Å². The maximum Gasteiger partial charge on any atom is 0.266 e. The molecule has 6 heteroatoms. The van der Waals surface area contributed by atoms with Crippen LogP contribution in [0.15, 0.2) is 4.52 Å². The Morgan fingerprint density at radius 2 is 1.88 bits per heavy atom. The van der Waals surface area contributed by atoms with Crippen molar-refractivity contribution >= 4 is 5.95 Å². The number of nitrogens with zero attached hydrogens (tertiary/aromatic N) is 4. The van der Waals surface area contributed by atoms with Gasteiger partial charge >= 0.3 is 0 Å². The van der Waals surface area contributed by atoms with Crippen LogP contribution in [0.2, 0.25) is 0 Å². The van der Waals surface area contributed by atoms with Crippen LogP contribution in [0.5, 0.6) is 0 Å². The third kappa shape index (κ3) is 2.76. The van der Waals surface area contributed by atoms with Crippen molar-refractivity contribution in [2.75, 3.05) is 38.1 Å². The number of aromatic nitrogens is 2. The summed E-state index contributed by atoms with van der Waals surface area (Å²) in [4.78, 5) is 8.74. The van der Waals surface area contributed by atoms with Gasteiger partial charge in [0.2, 0.25) is 5.89 Å². The van der Waals surface area contributed by atoms with E-state index < -0.39 is 6.10 Å². The first-order valence-electron chi connectivity index (χ1n) is 6.03. The van der Waals surface area contributed by atoms with E-state index >= 15 is 0 Å². The highest BCUT2D eigenvalue weighted by Gasteiger charge is 2.23. The molecule has 0 aromatic carbocycles. The van der Waals surface area contributed by atoms with Crippen molar-refractivity contribution in [1.82, 2.24) is 15.0 Å². The van der Waals surface area contributed by atoms with Gasteiger partial charge in [0.05, 0.1) is 12.0 Å². The Kier molecular flexibility index (Phi) is 3.63. The molecular weight excluding hydrogens is 220 g/mol. The van der Waals surface area contributed by atoms with E-state index in [2.05, 4.69) is 27.0 Å². The number of aliphatic hydroxyl groups is 1. The first-order valence-corrected chi connectivity index (χ1v) is 6.03. The van der Waals surface area contributed by atoms with Gasteiger partial charge in [-0.25, -0.2) is 0 Å². The molecule has 0 spiro atoms. The Labute approximate surface area is 101 Å². The molecular formula is C11H20N4O2. The SMILES string of the molecule is CC(O)C(C)c1nc(N2CCN(C)CC2)no1. The fourth-order valence-corrected chi connectivity index (χ4v) is 1.75. The number of piperazine rings is 1. The molecule has 0 saturated carbocycles. The van der Waals surface area contributed by atoms with Gasteiger partial charge in [-0.1, -0.05) is 6.92 Å². The number of hydrogen-bond acceptors (Lipinski definition) is 6. The summed E-state index contributed by atoms with van der Waals surface area (Å²) < 4.78 is 5.19. The van der Waals surface area contributed by atoms with Gasteiger partial charge in [-0.05, 0) is 19.1 Å². The Balaban J connectivity index is 2.03. The van der Waals surface area contributed by atoms with Crippen LogP contribution in [0.3, 0.4) is 0 Å². The second kappa shape index (κ2) is 5.01. The van der Waals surface area contributed by atoms with Crippen molar-refractivity contribution in [1.29, 1.82) is 0 Å². The first kappa shape index (κ1) is 12.3. The van der Waals surface area contributed by atoms with E-state index in [-0.39, 0.29) is 5.92 Å². The van der Waals surface area contributed by atoms with Crippen molar-refractivity contribution in [3.05, 3.63) is 5.89 Å². The summed E-state index contributed by atoms with van der Waals surface area (Å²) >= 11 is 0. The summed E-state index contributed by atoms with van der Waals surface area (Å²) in [5, 5.41) is 13.5. The fourth-order valence-electron chi connectivity index (χ4n) is 1.75. The molecule has 17 heavy (non-hydrogen) atoms. The molecule has 96 valence electrons. The summed E-state index contributed by atoms with van der Waals surface area (Å²) in [6, 6.07) is 0. The third-order valence-electron chi connectivity index (χ3n) is 3.33. The molecule has 1 aliphatic rings. The number of rotatable bonds is 3. The molecule has 6 nitrogen and oxygen atoms in total. The average Bonchev–Trinajstić information content (AvgIpc) is 2.78. The molecule has 1 aliphatic heterocycles. The molecule has 1 aromatic heterocycles. The van der Waals surface area contributed by atoms with Crippen LogP contribution in [0.4, 0.5) is 5.95 Å². The Morgan fingerprint density at radius 3 is 2.47 bits per heavy atom. The van der Waals surface area contributed by atoms with Gasteiger partial charge in [0, 0.05) is 26.2 Å². The predicted octanol–water partition coefficient (Wildman–Crippen LogP) is 0.306. The van der Waals surface area contributed by atoms with Crippen LogP contribution in [0, 0.1) is 0 Å². The second-order valence-corrected chi connectivity index (χ2v) is 4.75. The van der Waals surface area contributed by atoms with Crippen LogP contribution in [0.1, 0.15) is 25.7 Å². The standard InChI is InChI=1S/C11H20N4O2/c1-8(9(2)16)10-12-11(13-17-10)15-6-4-14(3)5-7-15/h8-9,16H,4-7H2,1-3H3. The number of hydrogen-bond donors (Lipinski definition) is 1. The van der Waals surface area contributed by atoms with Crippen molar-refractivity contribution in [3.8, 4) is 0 Å². The number of likely N-dealkylation sites (N-methyl/N-ethyl adjacent to an activating group) is 1. The largest absolute Gasteiger partial charge is 0.393 e. The molecule has 1 aromatic rings. The topological polar surface area (TPSA) is 65.6 Å². The molecule has 1 fully saturated rings. The average molecular weight is 240 g/mol. The lowest BCUT2D eigenvalue weighted by molar-refractivity contribution is 0.151. The molecule has 0 radical (unpaired) electrons. The van der Waals surface area contributed by atoms with E-state index in [4.69, 9.17) is 4.52 Å². The van der Waals surface area contributed by atoms with Crippen LogP contribution in [0.25, 0.3) is 0 Å². The molecule has 2 heterocycles. The monoisotopic (exact) mass is 240 g/mol. The zero-order chi connectivity index (χ0) is 12.4. The molecule has 0 aliphatic carbocycles. The predicted molar refractivity (Wildman–Crippen MR) is 64.1 cm³/mol. The highest BCUT2D eigenvalue weighted by Crippen LogP contribution is 2.20. The quantitative estimate of drug-likeness (QED) is 0.820. The molecule has 0 bridgehead atoms. The van der Waals surface area contributed by atoms with Crippen LogP contribution in [-0.2, 0) is 0 Å². The van der Waals surface area contributed by atoms with Gasteiger partial charge in [-0.2, -0.15) is 4.98 Å². The molecule has 1 saturated heterocycles. The van der Waals surface area contributed by atoms with Crippen LogP contribution < -0.4 is 4.90 Å². The van der Waals surface area contributed by atoms with Gasteiger partial charge in [0.15, 0.2) is 0 Å². The zero-order valence-electron chi connectivity index (χ0n) is 10.6. The third-order valence-corrected chi connectivity index (χ3v) is 3.33. The summed E-state index contributed by atoms with van der Waals surface area (Å²) in [5.74, 6) is 1.03. The van der Waals surface area contributed by atoms with Gasteiger partial charge in [-0.15, -0.1) is 0 Å². The van der Waals surface area contributed by atoms with Gasteiger partial charge in [0.1, 0.15) is 0 Å². The smallest absolute Gasteiger partial charge is 0.266 e. The summed E-state index contributed by atoms with van der Waals surface area (Å²) in [5.41, 5.74) is 0. The molecule has 0 amide bonds. The Morgan fingerprint density at radius 1 is 1.24 bits per heavy atom. The summed E-state index contributed by atoms with van der Waals surface area (Å²) in [7, 11) is 2.11. The minimum atomic E-state index is -0.476. The maximum absolute atomic E-state index is 9.48. The van der Waals surface area contributed by atoms with Gasteiger partial charge < -0.3 is 19.4 Å². The molecule has 2 atom stereocenters.